The van der Waals surface area contributed by atoms with E-state index in [1.165, 1.54) is 6.92 Å². The Hall–Kier alpha value is -1.84. The van der Waals surface area contributed by atoms with E-state index in [1.54, 1.807) is 7.11 Å². The van der Waals surface area contributed by atoms with Crippen molar-refractivity contribution in [2.45, 2.75) is 13.8 Å². The first-order valence-electron chi connectivity index (χ1n) is 4.59. The van der Waals surface area contributed by atoms with E-state index in [2.05, 4.69) is 10.5 Å². The molecule has 4 nitrogen and oxygen atoms in total. The standard InChI is InChI=1S/C11H14N2O2/c1-8(12-13-9(2)14)10-4-6-11(15-3)7-5-10/h4-7H,1-3H3,(H,13,14). The van der Waals surface area contributed by atoms with Crippen LogP contribution in [0.5, 0.6) is 5.75 Å². The van der Waals surface area contributed by atoms with Gasteiger partial charge in [-0.05, 0) is 36.8 Å². The van der Waals surface area contributed by atoms with Crippen LogP contribution in [0.15, 0.2) is 29.4 Å². The largest absolute Gasteiger partial charge is 0.497 e. The van der Waals surface area contributed by atoms with Crippen molar-refractivity contribution in [1.82, 2.24) is 5.43 Å². The van der Waals surface area contributed by atoms with E-state index in [4.69, 9.17) is 4.74 Å². The predicted molar refractivity (Wildman–Crippen MR) is 59.0 cm³/mol. The summed E-state index contributed by atoms with van der Waals surface area (Å²) in [4.78, 5) is 10.6. The summed E-state index contributed by atoms with van der Waals surface area (Å²) in [5, 5.41) is 3.93. The van der Waals surface area contributed by atoms with Gasteiger partial charge in [0, 0.05) is 6.92 Å². The number of hydrazone groups is 1. The minimum Gasteiger partial charge on any atom is -0.497 e. The molecule has 15 heavy (non-hydrogen) atoms. The zero-order chi connectivity index (χ0) is 11.3. The molecular weight excluding hydrogens is 192 g/mol. The number of methoxy groups -OCH3 is 1. The zero-order valence-electron chi connectivity index (χ0n) is 9.07. The van der Waals surface area contributed by atoms with Crippen LogP contribution in [0.3, 0.4) is 0 Å². The smallest absolute Gasteiger partial charge is 0.236 e. The van der Waals surface area contributed by atoms with Crippen molar-refractivity contribution in [1.29, 1.82) is 0 Å². The second-order valence-electron chi connectivity index (χ2n) is 3.09. The third-order valence-electron chi connectivity index (χ3n) is 1.89. The van der Waals surface area contributed by atoms with Crippen LogP contribution < -0.4 is 10.2 Å². The molecule has 0 radical (unpaired) electrons. The molecule has 0 spiro atoms. The highest BCUT2D eigenvalue weighted by atomic mass is 16.5. The lowest BCUT2D eigenvalue weighted by molar-refractivity contribution is -0.118. The molecule has 1 aromatic carbocycles. The van der Waals surface area contributed by atoms with E-state index in [1.807, 2.05) is 31.2 Å². The van der Waals surface area contributed by atoms with Crippen LogP contribution in [0.2, 0.25) is 0 Å². The Balaban J connectivity index is 2.77. The number of rotatable bonds is 3. The van der Waals surface area contributed by atoms with Crippen molar-refractivity contribution in [3.05, 3.63) is 29.8 Å². The summed E-state index contributed by atoms with van der Waals surface area (Å²) in [6.07, 6.45) is 0. The number of benzene rings is 1. The molecular formula is C11H14N2O2. The Bertz CT molecular complexity index is 369. The molecule has 1 N–H and O–H groups in total. The van der Waals surface area contributed by atoms with Gasteiger partial charge in [-0.3, -0.25) is 4.79 Å². The molecule has 0 atom stereocenters. The molecule has 0 fully saturated rings. The van der Waals surface area contributed by atoms with Gasteiger partial charge in [0.15, 0.2) is 0 Å². The molecule has 0 saturated carbocycles. The van der Waals surface area contributed by atoms with E-state index >= 15 is 0 Å². The number of hydrogen-bond donors (Lipinski definition) is 1. The van der Waals surface area contributed by atoms with Crippen LogP contribution in [0.1, 0.15) is 19.4 Å². The van der Waals surface area contributed by atoms with Crippen LogP contribution >= 0.6 is 0 Å². The van der Waals surface area contributed by atoms with Crippen LogP contribution in [-0.2, 0) is 4.79 Å². The van der Waals surface area contributed by atoms with Crippen molar-refractivity contribution in [2.24, 2.45) is 5.10 Å². The lowest BCUT2D eigenvalue weighted by Crippen LogP contribution is -2.14. The van der Waals surface area contributed by atoms with Gasteiger partial charge in [-0.2, -0.15) is 5.10 Å². The van der Waals surface area contributed by atoms with Gasteiger partial charge in [-0.15, -0.1) is 0 Å². The Kier molecular flexibility index (Phi) is 3.85. The van der Waals surface area contributed by atoms with Crippen LogP contribution in [0.25, 0.3) is 0 Å². The van der Waals surface area contributed by atoms with Gasteiger partial charge >= 0.3 is 0 Å². The first-order chi connectivity index (χ1) is 7.13. The van der Waals surface area contributed by atoms with Crippen LogP contribution in [0.4, 0.5) is 0 Å². The summed E-state index contributed by atoms with van der Waals surface area (Å²) in [7, 11) is 1.62. The van der Waals surface area contributed by atoms with E-state index in [9.17, 15) is 4.79 Å². The van der Waals surface area contributed by atoms with Gasteiger partial charge in [-0.1, -0.05) is 0 Å². The third-order valence-corrected chi connectivity index (χ3v) is 1.89. The quantitative estimate of drug-likeness (QED) is 0.602. The number of nitrogens with zero attached hydrogens (tertiary/aromatic N) is 1. The van der Waals surface area contributed by atoms with E-state index in [0.717, 1.165) is 17.0 Å². The summed E-state index contributed by atoms with van der Waals surface area (Å²) < 4.78 is 5.04. The fourth-order valence-electron chi connectivity index (χ4n) is 1.06. The molecule has 80 valence electrons. The molecule has 0 unspecified atom stereocenters. The van der Waals surface area contributed by atoms with E-state index < -0.39 is 0 Å². The Morgan fingerprint density at radius 2 is 1.87 bits per heavy atom. The summed E-state index contributed by atoms with van der Waals surface area (Å²) in [5.74, 6) is 0.619. The SMILES string of the molecule is COc1ccc(C(C)=NNC(C)=O)cc1. The average molecular weight is 206 g/mol. The number of ether oxygens (including phenoxy) is 1. The number of amides is 1. The molecule has 1 aromatic rings. The van der Waals surface area contributed by atoms with Gasteiger partial charge in [0.1, 0.15) is 5.75 Å². The van der Waals surface area contributed by atoms with Crippen LogP contribution in [-0.4, -0.2) is 18.7 Å². The fourth-order valence-corrected chi connectivity index (χ4v) is 1.06. The van der Waals surface area contributed by atoms with Gasteiger partial charge in [0.25, 0.3) is 0 Å². The van der Waals surface area contributed by atoms with Crippen molar-refractivity contribution >= 4 is 11.6 Å². The van der Waals surface area contributed by atoms with Crippen molar-refractivity contribution in [3.8, 4) is 5.75 Å². The summed E-state index contributed by atoms with van der Waals surface area (Å²) >= 11 is 0. The van der Waals surface area contributed by atoms with Crippen LogP contribution in [0, 0.1) is 0 Å². The van der Waals surface area contributed by atoms with Gasteiger partial charge < -0.3 is 4.74 Å². The normalized spacial score (nSPS) is 11.0. The predicted octanol–water partition coefficient (Wildman–Crippen LogP) is 1.56. The number of hydrogen-bond acceptors (Lipinski definition) is 3. The average Bonchev–Trinajstić information content (AvgIpc) is 2.26. The molecule has 1 rings (SSSR count). The maximum atomic E-state index is 10.6. The minimum absolute atomic E-state index is 0.178. The fraction of sp³-hybridized carbons (Fsp3) is 0.273. The highest BCUT2D eigenvalue weighted by Gasteiger charge is 1.98. The molecule has 4 heteroatoms. The summed E-state index contributed by atoms with van der Waals surface area (Å²) in [6, 6.07) is 7.48. The minimum atomic E-state index is -0.178. The zero-order valence-corrected chi connectivity index (χ0v) is 9.07. The summed E-state index contributed by atoms with van der Waals surface area (Å²) in [5.41, 5.74) is 4.10. The first-order valence-corrected chi connectivity index (χ1v) is 4.59. The van der Waals surface area contributed by atoms with Crippen molar-refractivity contribution < 1.29 is 9.53 Å². The summed E-state index contributed by atoms with van der Waals surface area (Å²) in [6.45, 7) is 3.25. The molecule has 0 aliphatic rings. The second-order valence-corrected chi connectivity index (χ2v) is 3.09. The Labute approximate surface area is 88.9 Å². The van der Waals surface area contributed by atoms with Gasteiger partial charge in [-0.25, -0.2) is 5.43 Å². The first kappa shape index (κ1) is 11.2. The third kappa shape index (κ3) is 3.42. The molecule has 0 bridgehead atoms. The van der Waals surface area contributed by atoms with Crippen molar-refractivity contribution in [2.75, 3.05) is 7.11 Å². The number of carbonyl (C=O) groups excluding carboxylic acids is 1. The van der Waals surface area contributed by atoms with Crippen molar-refractivity contribution in [3.63, 3.8) is 0 Å². The molecule has 0 heterocycles. The maximum absolute atomic E-state index is 10.6. The monoisotopic (exact) mass is 206 g/mol. The van der Waals surface area contributed by atoms with E-state index in [-0.39, 0.29) is 5.91 Å². The maximum Gasteiger partial charge on any atom is 0.236 e. The number of nitrogens with one attached hydrogen (secondary N) is 1. The lowest BCUT2D eigenvalue weighted by atomic mass is 10.1. The topological polar surface area (TPSA) is 50.7 Å². The highest BCUT2D eigenvalue weighted by molar-refractivity contribution is 5.99. The molecule has 0 saturated heterocycles. The second kappa shape index (κ2) is 5.14. The van der Waals surface area contributed by atoms with E-state index in [0.29, 0.717) is 0 Å². The highest BCUT2D eigenvalue weighted by Crippen LogP contribution is 2.11. The Morgan fingerprint density at radius 3 is 2.33 bits per heavy atom. The Morgan fingerprint density at radius 1 is 1.27 bits per heavy atom. The van der Waals surface area contributed by atoms with Gasteiger partial charge in [0.05, 0.1) is 12.8 Å². The molecule has 0 aliphatic heterocycles. The molecule has 0 aromatic heterocycles. The van der Waals surface area contributed by atoms with Gasteiger partial charge in [0.2, 0.25) is 5.91 Å². The number of carbonyl (C=O) groups is 1. The lowest BCUT2D eigenvalue weighted by Gasteiger charge is -2.03. The molecule has 1 amide bonds. The molecule has 0 aliphatic carbocycles.